The van der Waals surface area contributed by atoms with Gasteiger partial charge in [0.15, 0.2) is 0 Å². The van der Waals surface area contributed by atoms with Crippen LogP contribution in [0.3, 0.4) is 0 Å². The summed E-state index contributed by atoms with van der Waals surface area (Å²) in [5.41, 5.74) is 7.70. The van der Waals surface area contributed by atoms with Gasteiger partial charge in [0.25, 0.3) is 0 Å². The van der Waals surface area contributed by atoms with Crippen LogP contribution in [0.15, 0.2) is 30.3 Å². The Kier molecular flexibility index (Phi) is 5.41. The summed E-state index contributed by atoms with van der Waals surface area (Å²) in [5, 5.41) is 0. The normalized spacial score (nSPS) is 24.1. The van der Waals surface area contributed by atoms with Crippen molar-refractivity contribution in [1.82, 2.24) is 4.90 Å². The molecule has 0 radical (unpaired) electrons. The zero-order valence-corrected chi connectivity index (χ0v) is 12.4. The fourth-order valence-corrected chi connectivity index (χ4v) is 3.04. The molecule has 2 N–H and O–H groups in total. The number of hydrogen-bond acceptors (Lipinski definition) is 2. The zero-order chi connectivity index (χ0) is 13.7. The van der Waals surface area contributed by atoms with Crippen LogP contribution in [0.2, 0.25) is 0 Å². The van der Waals surface area contributed by atoms with Crippen LogP contribution in [-0.4, -0.2) is 23.5 Å². The fourth-order valence-electron chi connectivity index (χ4n) is 3.04. The molecule has 2 rings (SSSR count). The molecule has 1 saturated carbocycles. The van der Waals surface area contributed by atoms with Gasteiger partial charge in [-0.1, -0.05) is 43.2 Å². The summed E-state index contributed by atoms with van der Waals surface area (Å²) < 4.78 is 0. The van der Waals surface area contributed by atoms with E-state index in [-0.39, 0.29) is 0 Å². The first-order valence-electron chi connectivity index (χ1n) is 7.70. The van der Waals surface area contributed by atoms with Crippen LogP contribution >= 0.6 is 0 Å². The maximum atomic E-state index is 6.29. The highest BCUT2D eigenvalue weighted by Crippen LogP contribution is 2.25. The molecule has 2 unspecified atom stereocenters. The molecular formula is C17H28N2. The highest BCUT2D eigenvalue weighted by atomic mass is 15.1. The molecule has 0 aromatic heterocycles. The van der Waals surface area contributed by atoms with Crippen LogP contribution in [0.5, 0.6) is 0 Å². The Morgan fingerprint density at radius 3 is 2.47 bits per heavy atom. The van der Waals surface area contributed by atoms with Gasteiger partial charge in [-0.3, -0.25) is 4.90 Å². The zero-order valence-electron chi connectivity index (χ0n) is 12.4. The predicted molar refractivity (Wildman–Crippen MR) is 81.9 cm³/mol. The second-order valence-corrected chi connectivity index (χ2v) is 6.22. The molecule has 2 atom stereocenters. The van der Waals surface area contributed by atoms with Crippen molar-refractivity contribution >= 4 is 0 Å². The molecule has 1 fully saturated rings. The van der Waals surface area contributed by atoms with Gasteiger partial charge in [-0.2, -0.15) is 0 Å². The summed E-state index contributed by atoms with van der Waals surface area (Å²) in [6.07, 6.45) is 5.19. The maximum Gasteiger partial charge on any atom is 0.0236 e. The summed E-state index contributed by atoms with van der Waals surface area (Å²) in [6, 6.07) is 11.8. The monoisotopic (exact) mass is 260 g/mol. The van der Waals surface area contributed by atoms with Crippen molar-refractivity contribution in [3.05, 3.63) is 35.9 Å². The molecule has 19 heavy (non-hydrogen) atoms. The Labute approximate surface area is 118 Å². The average Bonchev–Trinajstić information content (AvgIpc) is 2.41. The van der Waals surface area contributed by atoms with E-state index in [4.69, 9.17) is 5.73 Å². The van der Waals surface area contributed by atoms with E-state index in [9.17, 15) is 0 Å². The molecule has 1 aromatic rings. The third-order valence-electron chi connectivity index (χ3n) is 4.40. The predicted octanol–water partition coefficient (Wildman–Crippen LogP) is 3.41. The number of hydrogen-bond donors (Lipinski definition) is 1. The Morgan fingerprint density at radius 2 is 1.84 bits per heavy atom. The molecule has 1 aliphatic carbocycles. The van der Waals surface area contributed by atoms with Crippen LogP contribution in [0.1, 0.15) is 45.1 Å². The van der Waals surface area contributed by atoms with Crippen molar-refractivity contribution in [1.29, 1.82) is 0 Å². The molecular weight excluding hydrogens is 232 g/mol. The van der Waals surface area contributed by atoms with Crippen molar-refractivity contribution in [2.45, 2.75) is 58.2 Å². The molecule has 0 saturated heterocycles. The standard InChI is InChI=1S/C17H28N2/c1-14(2)19(12-15-8-4-3-5-9-15)13-16-10-6-7-11-17(16)18/h3-5,8-9,14,16-17H,6-7,10-13,18H2,1-2H3. The SMILES string of the molecule is CC(C)N(Cc1ccccc1)CC1CCCCC1N. The Morgan fingerprint density at radius 1 is 1.16 bits per heavy atom. The van der Waals surface area contributed by atoms with Gasteiger partial charge in [0, 0.05) is 25.2 Å². The summed E-state index contributed by atoms with van der Waals surface area (Å²) in [7, 11) is 0. The summed E-state index contributed by atoms with van der Waals surface area (Å²) >= 11 is 0. The molecule has 2 heteroatoms. The minimum Gasteiger partial charge on any atom is -0.327 e. The van der Waals surface area contributed by atoms with E-state index in [0.717, 1.165) is 13.1 Å². The smallest absolute Gasteiger partial charge is 0.0236 e. The van der Waals surface area contributed by atoms with Gasteiger partial charge < -0.3 is 5.73 Å². The molecule has 106 valence electrons. The molecule has 0 bridgehead atoms. The molecule has 1 aromatic carbocycles. The minimum atomic E-state index is 0.408. The van der Waals surface area contributed by atoms with Crippen molar-refractivity contribution in [2.24, 2.45) is 11.7 Å². The van der Waals surface area contributed by atoms with E-state index in [2.05, 4.69) is 49.1 Å². The van der Waals surface area contributed by atoms with Crippen LogP contribution < -0.4 is 5.73 Å². The first-order chi connectivity index (χ1) is 9.16. The maximum absolute atomic E-state index is 6.29. The van der Waals surface area contributed by atoms with Crippen molar-refractivity contribution in [2.75, 3.05) is 6.54 Å². The lowest BCUT2D eigenvalue weighted by molar-refractivity contribution is 0.146. The van der Waals surface area contributed by atoms with E-state index in [0.29, 0.717) is 18.0 Å². The van der Waals surface area contributed by atoms with Gasteiger partial charge in [-0.05, 0) is 38.2 Å². The van der Waals surface area contributed by atoms with E-state index < -0.39 is 0 Å². The van der Waals surface area contributed by atoms with Crippen molar-refractivity contribution in [3.63, 3.8) is 0 Å². The Hall–Kier alpha value is -0.860. The van der Waals surface area contributed by atoms with Crippen LogP contribution in [0, 0.1) is 5.92 Å². The van der Waals surface area contributed by atoms with Gasteiger partial charge >= 0.3 is 0 Å². The molecule has 0 amide bonds. The second kappa shape index (κ2) is 7.06. The third kappa shape index (κ3) is 4.32. The summed E-state index contributed by atoms with van der Waals surface area (Å²) in [4.78, 5) is 2.57. The van der Waals surface area contributed by atoms with E-state index in [1.807, 2.05) is 0 Å². The lowest BCUT2D eigenvalue weighted by Crippen LogP contribution is -2.43. The lowest BCUT2D eigenvalue weighted by atomic mass is 9.84. The lowest BCUT2D eigenvalue weighted by Gasteiger charge is -2.35. The molecule has 2 nitrogen and oxygen atoms in total. The number of nitrogens with two attached hydrogens (primary N) is 1. The average molecular weight is 260 g/mol. The Balaban J connectivity index is 1.96. The van der Waals surface area contributed by atoms with Crippen molar-refractivity contribution < 1.29 is 0 Å². The van der Waals surface area contributed by atoms with E-state index in [1.165, 1.54) is 31.2 Å². The van der Waals surface area contributed by atoms with Gasteiger partial charge in [0.1, 0.15) is 0 Å². The first-order valence-corrected chi connectivity index (χ1v) is 7.70. The summed E-state index contributed by atoms with van der Waals surface area (Å²) in [5.74, 6) is 0.680. The fraction of sp³-hybridized carbons (Fsp3) is 0.647. The topological polar surface area (TPSA) is 29.3 Å². The van der Waals surface area contributed by atoms with Crippen molar-refractivity contribution in [3.8, 4) is 0 Å². The van der Waals surface area contributed by atoms with Gasteiger partial charge in [-0.15, -0.1) is 0 Å². The second-order valence-electron chi connectivity index (χ2n) is 6.22. The Bertz CT molecular complexity index is 361. The molecule has 0 heterocycles. The highest BCUT2D eigenvalue weighted by molar-refractivity contribution is 5.14. The summed E-state index contributed by atoms with van der Waals surface area (Å²) in [6.45, 7) is 6.77. The van der Waals surface area contributed by atoms with Gasteiger partial charge in [0.05, 0.1) is 0 Å². The number of rotatable bonds is 5. The van der Waals surface area contributed by atoms with Gasteiger partial charge in [0.2, 0.25) is 0 Å². The first kappa shape index (κ1) is 14.5. The molecule has 1 aliphatic rings. The third-order valence-corrected chi connectivity index (χ3v) is 4.40. The molecule has 0 spiro atoms. The van der Waals surface area contributed by atoms with Gasteiger partial charge in [-0.25, -0.2) is 0 Å². The van der Waals surface area contributed by atoms with Crippen LogP contribution in [0.4, 0.5) is 0 Å². The quantitative estimate of drug-likeness (QED) is 0.879. The number of nitrogens with zero attached hydrogens (tertiary/aromatic N) is 1. The minimum absolute atomic E-state index is 0.408. The van der Waals surface area contributed by atoms with Crippen LogP contribution in [-0.2, 0) is 6.54 Å². The largest absolute Gasteiger partial charge is 0.327 e. The van der Waals surface area contributed by atoms with E-state index >= 15 is 0 Å². The van der Waals surface area contributed by atoms with E-state index in [1.54, 1.807) is 0 Å². The molecule has 0 aliphatic heterocycles. The number of benzene rings is 1. The van der Waals surface area contributed by atoms with Crippen LogP contribution in [0.25, 0.3) is 0 Å². The highest BCUT2D eigenvalue weighted by Gasteiger charge is 2.24.